The summed E-state index contributed by atoms with van der Waals surface area (Å²) in [6, 6.07) is 15.0. The van der Waals surface area contributed by atoms with Crippen LogP contribution in [0.2, 0.25) is 0 Å². The van der Waals surface area contributed by atoms with Gasteiger partial charge in [-0.05, 0) is 36.8 Å². The van der Waals surface area contributed by atoms with Crippen LogP contribution in [0.4, 0.5) is 0 Å². The van der Waals surface area contributed by atoms with Crippen molar-refractivity contribution in [2.45, 2.75) is 13.5 Å². The van der Waals surface area contributed by atoms with E-state index in [1.807, 2.05) is 47.9 Å². The van der Waals surface area contributed by atoms with Crippen LogP contribution >= 0.6 is 0 Å². The highest BCUT2D eigenvalue weighted by molar-refractivity contribution is 5.99. The average Bonchev–Trinajstić information content (AvgIpc) is 2.98. The Labute approximate surface area is 146 Å². The Balaban J connectivity index is 1.92. The van der Waals surface area contributed by atoms with Gasteiger partial charge in [0.1, 0.15) is 5.82 Å². The number of nitrogens with zero attached hydrogens (tertiary/aromatic N) is 4. The lowest BCUT2D eigenvalue weighted by molar-refractivity contribution is 0.0759. The standard InChI is InChI=1S/C20H18N4O/c1-3-11-23(14-17-9-7-16(13-21)8-10-17)20(25)19-18-6-4-5-12-24(18)15(2)22-19/h3-10,12H,1,11,14H2,2H3. The summed E-state index contributed by atoms with van der Waals surface area (Å²) in [5.41, 5.74) is 2.78. The van der Waals surface area contributed by atoms with E-state index in [1.54, 1.807) is 23.1 Å². The van der Waals surface area contributed by atoms with Gasteiger partial charge >= 0.3 is 0 Å². The van der Waals surface area contributed by atoms with Gasteiger partial charge in [-0.3, -0.25) is 4.79 Å². The van der Waals surface area contributed by atoms with E-state index in [1.165, 1.54) is 0 Å². The minimum atomic E-state index is -0.138. The van der Waals surface area contributed by atoms with Crippen molar-refractivity contribution in [1.29, 1.82) is 5.26 Å². The van der Waals surface area contributed by atoms with Crippen molar-refractivity contribution in [2.24, 2.45) is 0 Å². The van der Waals surface area contributed by atoms with Crippen molar-refractivity contribution >= 4 is 11.4 Å². The predicted octanol–water partition coefficient (Wildman–Crippen LogP) is 3.34. The number of amides is 1. The predicted molar refractivity (Wildman–Crippen MR) is 96.0 cm³/mol. The zero-order chi connectivity index (χ0) is 17.8. The molecule has 5 nitrogen and oxygen atoms in total. The van der Waals surface area contributed by atoms with Crippen LogP contribution in [0.1, 0.15) is 27.4 Å². The highest BCUT2D eigenvalue weighted by Gasteiger charge is 2.21. The number of pyridine rings is 1. The van der Waals surface area contributed by atoms with Crippen LogP contribution < -0.4 is 0 Å². The van der Waals surface area contributed by atoms with Crippen LogP contribution in [0.15, 0.2) is 61.3 Å². The molecule has 0 bridgehead atoms. The Hall–Kier alpha value is -3.39. The third kappa shape index (κ3) is 3.29. The summed E-state index contributed by atoms with van der Waals surface area (Å²) in [5.74, 6) is 0.636. The highest BCUT2D eigenvalue weighted by Crippen LogP contribution is 2.17. The lowest BCUT2D eigenvalue weighted by Gasteiger charge is -2.20. The van der Waals surface area contributed by atoms with Crippen LogP contribution in [-0.4, -0.2) is 26.7 Å². The number of aromatic nitrogens is 2. The maximum Gasteiger partial charge on any atom is 0.275 e. The van der Waals surface area contributed by atoms with Crippen molar-refractivity contribution in [3.05, 3.63) is 84.0 Å². The van der Waals surface area contributed by atoms with Crippen molar-refractivity contribution in [3.8, 4) is 6.07 Å². The largest absolute Gasteiger partial charge is 0.329 e. The Morgan fingerprint density at radius 2 is 2.08 bits per heavy atom. The first kappa shape index (κ1) is 16.5. The minimum absolute atomic E-state index is 0.138. The van der Waals surface area contributed by atoms with Crippen LogP contribution in [0, 0.1) is 18.3 Å². The van der Waals surface area contributed by atoms with E-state index in [0.29, 0.717) is 24.3 Å². The fourth-order valence-electron chi connectivity index (χ4n) is 2.78. The van der Waals surface area contributed by atoms with Crippen LogP contribution in [-0.2, 0) is 6.54 Å². The van der Waals surface area contributed by atoms with E-state index >= 15 is 0 Å². The topological polar surface area (TPSA) is 61.4 Å². The smallest absolute Gasteiger partial charge is 0.275 e. The molecule has 25 heavy (non-hydrogen) atoms. The molecule has 0 atom stereocenters. The molecular formula is C20H18N4O. The third-order valence-electron chi connectivity index (χ3n) is 4.02. The van der Waals surface area contributed by atoms with Gasteiger partial charge in [0.15, 0.2) is 5.69 Å². The van der Waals surface area contributed by atoms with Gasteiger partial charge < -0.3 is 9.30 Å². The van der Waals surface area contributed by atoms with E-state index in [2.05, 4.69) is 17.6 Å². The molecule has 0 saturated carbocycles. The first-order valence-electron chi connectivity index (χ1n) is 7.97. The van der Waals surface area contributed by atoms with E-state index < -0.39 is 0 Å². The van der Waals surface area contributed by atoms with Gasteiger partial charge in [-0.25, -0.2) is 4.98 Å². The maximum atomic E-state index is 13.0. The Kier molecular flexibility index (Phi) is 4.62. The van der Waals surface area contributed by atoms with E-state index in [4.69, 9.17) is 5.26 Å². The fourth-order valence-corrected chi connectivity index (χ4v) is 2.78. The molecule has 0 spiro atoms. The van der Waals surface area contributed by atoms with Gasteiger partial charge in [0.25, 0.3) is 5.91 Å². The lowest BCUT2D eigenvalue weighted by atomic mass is 10.1. The summed E-state index contributed by atoms with van der Waals surface area (Å²) in [5, 5.41) is 8.90. The number of hydrogen-bond acceptors (Lipinski definition) is 3. The van der Waals surface area contributed by atoms with Gasteiger partial charge in [-0.1, -0.05) is 24.3 Å². The molecule has 124 valence electrons. The molecule has 0 N–H and O–H groups in total. The second-order valence-electron chi connectivity index (χ2n) is 5.75. The van der Waals surface area contributed by atoms with Crippen molar-refractivity contribution in [1.82, 2.24) is 14.3 Å². The number of nitriles is 1. The second-order valence-corrected chi connectivity index (χ2v) is 5.75. The monoisotopic (exact) mass is 330 g/mol. The number of hydrogen-bond donors (Lipinski definition) is 0. The number of benzene rings is 1. The average molecular weight is 330 g/mol. The van der Waals surface area contributed by atoms with Gasteiger partial charge in [-0.15, -0.1) is 6.58 Å². The van der Waals surface area contributed by atoms with Crippen molar-refractivity contribution < 1.29 is 4.79 Å². The summed E-state index contributed by atoms with van der Waals surface area (Å²) >= 11 is 0. The van der Waals surface area contributed by atoms with Gasteiger partial charge in [0.2, 0.25) is 0 Å². The van der Waals surface area contributed by atoms with Crippen molar-refractivity contribution in [2.75, 3.05) is 6.54 Å². The molecule has 0 aliphatic heterocycles. The summed E-state index contributed by atoms with van der Waals surface area (Å²) in [6.45, 7) is 6.48. The number of fused-ring (bicyclic) bond motifs is 1. The Bertz CT molecular complexity index is 964. The normalized spacial score (nSPS) is 10.4. The molecule has 0 radical (unpaired) electrons. The zero-order valence-electron chi connectivity index (χ0n) is 14.0. The lowest BCUT2D eigenvalue weighted by Crippen LogP contribution is -2.31. The molecule has 5 heteroatoms. The van der Waals surface area contributed by atoms with E-state index in [-0.39, 0.29) is 5.91 Å². The molecule has 0 aliphatic rings. The Morgan fingerprint density at radius 3 is 2.76 bits per heavy atom. The molecular weight excluding hydrogens is 312 g/mol. The number of carbonyl (C=O) groups excluding carboxylic acids is 1. The summed E-state index contributed by atoms with van der Waals surface area (Å²) in [7, 11) is 0. The third-order valence-corrected chi connectivity index (χ3v) is 4.02. The SMILES string of the molecule is C=CCN(Cc1ccc(C#N)cc1)C(=O)c1nc(C)n2ccccc12. The maximum absolute atomic E-state index is 13.0. The fraction of sp³-hybridized carbons (Fsp3) is 0.150. The molecule has 2 aromatic heterocycles. The summed E-state index contributed by atoms with van der Waals surface area (Å²) < 4.78 is 1.90. The Morgan fingerprint density at radius 1 is 1.32 bits per heavy atom. The number of aryl methyl sites for hydroxylation is 1. The number of carbonyl (C=O) groups is 1. The minimum Gasteiger partial charge on any atom is -0.329 e. The highest BCUT2D eigenvalue weighted by atomic mass is 16.2. The molecule has 3 rings (SSSR count). The quantitative estimate of drug-likeness (QED) is 0.674. The first-order valence-corrected chi connectivity index (χ1v) is 7.97. The zero-order valence-corrected chi connectivity index (χ0v) is 14.0. The van der Waals surface area contributed by atoms with Crippen LogP contribution in [0.25, 0.3) is 5.52 Å². The van der Waals surface area contributed by atoms with Crippen LogP contribution in [0.3, 0.4) is 0 Å². The molecule has 1 amide bonds. The van der Waals surface area contributed by atoms with Gasteiger partial charge in [0.05, 0.1) is 17.1 Å². The molecule has 2 heterocycles. The summed E-state index contributed by atoms with van der Waals surface area (Å²) in [4.78, 5) is 19.2. The molecule has 3 aromatic rings. The first-order chi connectivity index (χ1) is 12.1. The molecule has 0 aliphatic carbocycles. The molecule has 0 unspecified atom stereocenters. The molecule has 1 aromatic carbocycles. The second kappa shape index (κ2) is 7.02. The van der Waals surface area contributed by atoms with Gasteiger partial charge in [0, 0.05) is 19.3 Å². The van der Waals surface area contributed by atoms with E-state index in [9.17, 15) is 4.79 Å². The summed E-state index contributed by atoms with van der Waals surface area (Å²) in [6.07, 6.45) is 3.60. The molecule has 0 fully saturated rings. The van der Waals surface area contributed by atoms with Gasteiger partial charge in [-0.2, -0.15) is 5.26 Å². The molecule has 0 saturated heterocycles. The van der Waals surface area contributed by atoms with E-state index in [0.717, 1.165) is 16.9 Å². The number of rotatable bonds is 5. The number of imidazole rings is 1. The van der Waals surface area contributed by atoms with Crippen molar-refractivity contribution in [3.63, 3.8) is 0 Å². The van der Waals surface area contributed by atoms with Crippen LogP contribution in [0.5, 0.6) is 0 Å².